The highest BCUT2D eigenvalue weighted by atomic mass is 19.1. The Morgan fingerprint density at radius 1 is 1.10 bits per heavy atom. The van der Waals surface area contributed by atoms with Crippen LogP contribution in [0, 0.1) is 31.4 Å². The maximum absolute atomic E-state index is 11.9. The summed E-state index contributed by atoms with van der Waals surface area (Å²) in [5.74, 6) is -0.540. The van der Waals surface area contributed by atoms with Gasteiger partial charge in [-0.2, -0.15) is 0 Å². The maximum atomic E-state index is 11.9. The molecule has 0 aliphatic carbocycles. The minimum atomic E-state index is -0.537. The SMILES string of the molecule is C#C.C/C=C/c1ccc([C@@H]2CCCNC2)c(C)c1.C=CCC.CC.CCCCCC(N)=O.Fc1cccc(F)c1. The number of hydrogen-bond acceptors (Lipinski definition) is 2. The number of carbonyl (C=O) groups excluding carboxylic acids is 1. The van der Waals surface area contributed by atoms with E-state index in [2.05, 4.69) is 82.8 Å². The first-order chi connectivity index (χ1) is 19.3. The number of terminal acetylenes is 1. The van der Waals surface area contributed by atoms with Crippen molar-refractivity contribution in [2.24, 2.45) is 5.73 Å². The number of benzene rings is 2. The van der Waals surface area contributed by atoms with E-state index in [1.165, 1.54) is 54.3 Å². The minimum Gasteiger partial charge on any atom is -0.370 e. The molecule has 2 aromatic rings. The van der Waals surface area contributed by atoms with E-state index in [1.54, 1.807) is 0 Å². The Hall–Kier alpha value is -3.23. The van der Waals surface area contributed by atoms with Crippen LogP contribution in [0.1, 0.15) is 102 Å². The van der Waals surface area contributed by atoms with Crippen LogP contribution < -0.4 is 11.1 Å². The summed E-state index contributed by atoms with van der Waals surface area (Å²) in [6.45, 7) is 18.3. The van der Waals surface area contributed by atoms with Crippen LogP contribution in [0.3, 0.4) is 0 Å². The Labute approximate surface area is 244 Å². The molecular weight excluding hydrogens is 502 g/mol. The van der Waals surface area contributed by atoms with Crippen molar-refractivity contribution in [1.29, 1.82) is 0 Å². The van der Waals surface area contributed by atoms with E-state index in [1.807, 2.05) is 19.9 Å². The van der Waals surface area contributed by atoms with Crippen molar-refractivity contribution in [3.63, 3.8) is 0 Å². The number of piperidine rings is 1. The zero-order chi connectivity index (χ0) is 31.2. The number of nitrogens with two attached hydrogens (primary N) is 1. The molecule has 0 spiro atoms. The Balaban J connectivity index is -0.000000486. The summed E-state index contributed by atoms with van der Waals surface area (Å²) in [5.41, 5.74) is 9.17. The first-order valence-electron chi connectivity index (χ1n) is 14.4. The van der Waals surface area contributed by atoms with E-state index in [0.717, 1.165) is 38.3 Å². The molecule has 0 unspecified atom stereocenters. The van der Waals surface area contributed by atoms with Gasteiger partial charge in [-0.15, -0.1) is 19.4 Å². The molecule has 1 atom stereocenters. The van der Waals surface area contributed by atoms with Gasteiger partial charge in [-0.1, -0.05) is 83.0 Å². The Morgan fingerprint density at radius 3 is 2.08 bits per heavy atom. The fraction of sp³-hybridized carbons (Fsp3) is 0.457. The molecule has 1 aliphatic rings. The summed E-state index contributed by atoms with van der Waals surface area (Å²) in [6, 6.07) is 11.4. The standard InChI is InChI=1S/C15H21N.C6H4F2.C6H13NO.C4H8.C2H6.C2H2/c1-3-5-13-7-8-15(12(2)10-13)14-6-4-9-16-11-14;7-5-2-1-3-6(8)4-5;1-2-3-4-5-6(7)8;1-3-4-2;2*1-2/h3,5,7-8,10,14,16H,4,6,9,11H2,1-2H3;1-4H;2-5H2,1H3,(H2,7,8);3H,1,4H2,2H3;1-2H3;1-2H/b5-3+;;;;;/t14-;;;;;/m1...../s1. The fourth-order valence-corrected chi connectivity index (χ4v) is 3.58. The Morgan fingerprint density at radius 2 is 1.70 bits per heavy atom. The zero-order valence-electron chi connectivity index (χ0n) is 25.8. The van der Waals surface area contributed by atoms with Crippen molar-refractivity contribution < 1.29 is 13.6 Å². The average Bonchev–Trinajstić information content (AvgIpc) is 2.97. The molecule has 40 heavy (non-hydrogen) atoms. The Kier molecular flexibility index (Phi) is 31.3. The molecule has 3 N–H and O–H groups in total. The van der Waals surface area contributed by atoms with Crippen molar-refractivity contribution in [3.8, 4) is 12.8 Å². The summed E-state index contributed by atoms with van der Waals surface area (Å²) in [7, 11) is 0. The molecule has 224 valence electrons. The number of allylic oxidation sites excluding steroid dienone is 2. The van der Waals surface area contributed by atoms with Crippen molar-refractivity contribution in [1.82, 2.24) is 5.32 Å². The summed E-state index contributed by atoms with van der Waals surface area (Å²) in [4.78, 5) is 10.1. The molecule has 0 radical (unpaired) electrons. The number of carbonyl (C=O) groups is 1. The fourth-order valence-electron chi connectivity index (χ4n) is 3.58. The van der Waals surface area contributed by atoms with Gasteiger partial charge >= 0.3 is 0 Å². The third-order valence-electron chi connectivity index (χ3n) is 5.49. The van der Waals surface area contributed by atoms with Crippen molar-refractivity contribution in [2.75, 3.05) is 13.1 Å². The van der Waals surface area contributed by atoms with E-state index < -0.39 is 11.6 Å². The maximum Gasteiger partial charge on any atom is 0.217 e. The third kappa shape index (κ3) is 23.9. The van der Waals surface area contributed by atoms with Crippen molar-refractivity contribution in [3.05, 3.63) is 89.5 Å². The minimum absolute atomic E-state index is 0.182. The molecule has 1 fully saturated rings. The highest BCUT2D eigenvalue weighted by Crippen LogP contribution is 2.26. The zero-order valence-corrected chi connectivity index (χ0v) is 25.8. The molecule has 1 heterocycles. The van der Waals surface area contributed by atoms with E-state index in [9.17, 15) is 13.6 Å². The van der Waals surface area contributed by atoms with Crippen LogP contribution in [0.15, 0.2) is 61.2 Å². The summed E-state index contributed by atoms with van der Waals surface area (Å²) >= 11 is 0. The number of aryl methyl sites for hydroxylation is 1. The van der Waals surface area contributed by atoms with Gasteiger partial charge in [0.05, 0.1) is 0 Å². The molecule has 0 aromatic heterocycles. The van der Waals surface area contributed by atoms with Gasteiger partial charge in [0.1, 0.15) is 11.6 Å². The first-order valence-corrected chi connectivity index (χ1v) is 14.4. The lowest BCUT2D eigenvalue weighted by Gasteiger charge is -2.24. The molecule has 3 nitrogen and oxygen atoms in total. The predicted octanol–water partition coefficient (Wildman–Crippen LogP) is 9.37. The number of amides is 1. The van der Waals surface area contributed by atoms with E-state index in [-0.39, 0.29) is 5.91 Å². The lowest BCUT2D eigenvalue weighted by molar-refractivity contribution is -0.118. The second-order valence-corrected chi connectivity index (χ2v) is 8.72. The van der Waals surface area contributed by atoms with Crippen molar-refractivity contribution >= 4 is 12.0 Å². The van der Waals surface area contributed by atoms with Crippen LogP contribution in [0.5, 0.6) is 0 Å². The molecule has 5 heteroatoms. The average molecular weight is 557 g/mol. The summed E-state index contributed by atoms with van der Waals surface area (Å²) in [6.07, 6.45) is 21.6. The second kappa shape index (κ2) is 30.3. The summed E-state index contributed by atoms with van der Waals surface area (Å²) in [5, 5.41) is 3.49. The van der Waals surface area contributed by atoms with Crippen LogP contribution in [0.2, 0.25) is 0 Å². The quantitative estimate of drug-likeness (QED) is 0.203. The van der Waals surface area contributed by atoms with E-state index >= 15 is 0 Å². The number of unbranched alkanes of at least 4 members (excludes halogenated alkanes) is 2. The highest BCUT2D eigenvalue weighted by molar-refractivity contribution is 5.73. The topological polar surface area (TPSA) is 55.1 Å². The lowest BCUT2D eigenvalue weighted by Crippen LogP contribution is -2.28. The smallest absolute Gasteiger partial charge is 0.217 e. The molecular formula is C35H54F2N2O. The highest BCUT2D eigenvalue weighted by Gasteiger charge is 2.16. The molecule has 1 saturated heterocycles. The lowest BCUT2D eigenvalue weighted by atomic mass is 9.88. The molecule has 3 rings (SSSR count). The van der Waals surface area contributed by atoms with Gasteiger partial charge in [0.2, 0.25) is 5.91 Å². The van der Waals surface area contributed by atoms with Gasteiger partial charge in [-0.3, -0.25) is 4.79 Å². The monoisotopic (exact) mass is 556 g/mol. The van der Waals surface area contributed by atoms with Crippen LogP contribution in [-0.4, -0.2) is 19.0 Å². The molecule has 2 aromatic carbocycles. The summed E-state index contributed by atoms with van der Waals surface area (Å²) < 4.78 is 23.9. The van der Waals surface area contributed by atoms with Crippen LogP contribution in [-0.2, 0) is 4.79 Å². The number of halogens is 2. The van der Waals surface area contributed by atoms with Gasteiger partial charge < -0.3 is 11.1 Å². The second-order valence-electron chi connectivity index (χ2n) is 8.72. The molecule has 1 aliphatic heterocycles. The van der Waals surface area contributed by atoms with Crippen molar-refractivity contribution in [2.45, 2.75) is 92.4 Å². The number of nitrogens with one attached hydrogen (secondary N) is 1. The molecule has 0 bridgehead atoms. The Bertz CT molecular complexity index is 915. The predicted molar refractivity (Wildman–Crippen MR) is 172 cm³/mol. The van der Waals surface area contributed by atoms with Gasteiger partial charge in [0.15, 0.2) is 0 Å². The third-order valence-corrected chi connectivity index (χ3v) is 5.49. The van der Waals surface area contributed by atoms with Crippen LogP contribution in [0.4, 0.5) is 8.78 Å². The molecule has 0 saturated carbocycles. The van der Waals surface area contributed by atoms with Crippen LogP contribution in [0.25, 0.3) is 6.08 Å². The van der Waals surface area contributed by atoms with Crippen LogP contribution >= 0.6 is 0 Å². The van der Waals surface area contributed by atoms with Gasteiger partial charge in [-0.05, 0) is 80.8 Å². The first kappa shape index (κ1) is 41.3. The number of hydrogen-bond donors (Lipinski definition) is 2. The normalized spacial score (nSPS) is 13.1. The van der Waals surface area contributed by atoms with Gasteiger partial charge in [-0.25, -0.2) is 8.78 Å². The largest absolute Gasteiger partial charge is 0.370 e. The number of primary amides is 1. The van der Waals surface area contributed by atoms with Gasteiger partial charge in [0, 0.05) is 19.0 Å². The number of rotatable bonds is 7. The van der Waals surface area contributed by atoms with Gasteiger partial charge in [0.25, 0.3) is 0 Å². The van der Waals surface area contributed by atoms with E-state index in [0.29, 0.717) is 12.3 Å². The molecule has 1 amide bonds. The van der Waals surface area contributed by atoms with E-state index in [4.69, 9.17) is 5.73 Å².